The minimum absolute atomic E-state index is 0.169. The van der Waals surface area contributed by atoms with Crippen LogP contribution < -0.4 is 11.1 Å². The molecule has 1 saturated carbocycles. The van der Waals surface area contributed by atoms with E-state index in [1.54, 1.807) is 6.33 Å². The Balaban J connectivity index is 1.42. The average molecular weight is 505 g/mol. The van der Waals surface area contributed by atoms with Crippen LogP contribution in [0.3, 0.4) is 0 Å². The van der Waals surface area contributed by atoms with Crippen LogP contribution in [0.15, 0.2) is 53.7 Å². The summed E-state index contributed by atoms with van der Waals surface area (Å²) in [6, 6.07) is 14.8. The van der Waals surface area contributed by atoms with Gasteiger partial charge in [-0.1, -0.05) is 12.1 Å². The zero-order chi connectivity index (χ0) is 25.2. The SMILES string of the molecule is CC(C)OC(=O)Nc1ccc(-c2c(N)c3ccc(SCCc4nncn4C)cc3n2C2CCC2)cc1. The molecule has 1 aliphatic rings. The molecule has 0 bridgehead atoms. The van der Waals surface area contributed by atoms with Crippen molar-refractivity contribution in [1.29, 1.82) is 0 Å². The zero-order valence-electron chi connectivity index (χ0n) is 20.9. The third kappa shape index (κ3) is 4.93. The number of hydrogen-bond donors (Lipinski definition) is 2. The summed E-state index contributed by atoms with van der Waals surface area (Å²) in [6.45, 7) is 3.65. The molecule has 1 aliphatic carbocycles. The molecule has 9 heteroatoms. The van der Waals surface area contributed by atoms with Crippen LogP contribution in [-0.2, 0) is 18.2 Å². The smallest absolute Gasteiger partial charge is 0.411 e. The molecule has 0 unspecified atom stereocenters. The van der Waals surface area contributed by atoms with Gasteiger partial charge in [0.05, 0.1) is 23.0 Å². The number of benzene rings is 2. The van der Waals surface area contributed by atoms with Crippen molar-refractivity contribution in [3.8, 4) is 11.3 Å². The summed E-state index contributed by atoms with van der Waals surface area (Å²) in [5.41, 5.74) is 11.5. The van der Waals surface area contributed by atoms with Gasteiger partial charge >= 0.3 is 6.09 Å². The van der Waals surface area contributed by atoms with Crippen LogP contribution in [0.4, 0.5) is 16.2 Å². The molecule has 2 heterocycles. The Labute approximate surface area is 215 Å². The molecule has 0 aliphatic heterocycles. The lowest BCUT2D eigenvalue weighted by Crippen LogP contribution is -2.18. The number of nitrogens with two attached hydrogens (primary N) is 1. The molecule has 8 nitrogen and oxygen atoms in total. The van der Waals surface area contributed by atoms with Crippen molar-refractivity contribution >= 4 is 40.1 Å². The number of nitrogen functional groups attached to an aromatic ring is 1. The standard InChI is InChI=1S/C27H32N6O2S/c1-17(2)35-27(34)30-19-9-7-18(8-10-19)26-25(28)22-12-11-21(15-23(22)33(26)20-5-4-6-20)36-14-13-24-31-29-16-32(24)3/h7-12,15-17,20H,4-6,13-14,28H2,1-3H3,(H,30,34). The fourth-order valence-corrected chi connectivity index (χ4v) is 5.47. The summed E-state index contributed by atoms with van der Waals surface area (Å²) in [7, 11) is 1.97. The summed E-state index contributed by atoms with van der Waals surface area (Å²) in [5.74, 6) is 1.92. The normalized spacial score (nSPS) is 13.8. The molecule has 36 heavy (non-hydrogen) atoms. The lowest BCUT2D eigenvalue weighted by molar-refractivity contribution is 0.130. The summed E-state index contributed by atoms with van der Waals surface area (Å²) in [5, 5.41) is 12.0. The molecule has 3 N–H and O–H groups in total. The van der Waals surface area contributed by atoms with Crippen LogP contribution in [0.1, 0.15) is 45.0 Å². The third-order valence-electron chi connectivity index (χ3n) is 6.60. The molecule has 5 rings (SSSR count). The van der Waals surface area contributed by atoms with Crippen LogP contribution in [0, 0.1) is 0 Å². The van der Waals surface area contributed by atoms with E-state index in [4.69, 9.17) is 10.5 Å². The number of thioether (sulfide) groups is 1. The number of fused-ring (bicyclic) bond motifs is 1. The number of carbonyl (C=O) groups excluding carboxylic acids is 1. The molecule has 0 spiro atoms. The summed E-state index contributed by atoms with van der Waals surface area (Å²) < 4.78 is 9.57. The lowest BCUT2D eigenvalue weighted by atomic mass is 9.92. The van der Waals surface area contributed by atoms with E-state index in [0.29, 0.717) is 11.7 Å². The van der Waals surface area contributed by atoms with E-state index >= 15 is 0 Å². The number of aromatic nitrogens is 4. The number of amides is 1. The Bertz CT molecular complexity index is 1370. The summed E-state index contributed by atoms with van der Waals surface area (Å²) >= 11 is 1.82. The van der Waals surface area contributed by atoms with Crippen LogP contribution in [-0.4, -0.2) is 37.3 Å². The average Bonchev–Trinajstić information content (AvgIpc) is 3.33. The van der Waals surface area contributed by atoms with Crippen LogP contribution in [0.5, 0.6) is 0 Å². The van der Waals surface area contributed by atoms with Crippen LogP contribution >= 0.6 is 11.8 Å². The number of aryl methyl sites for hydroxylation is 2. The Hall–Kier alpha value is -3.46. The van der Waals surface area contributed by atoms with E-state index in [1.165, 1.54) is 16.8 Å². The van der Waals surface area contributed by atoms with Crippen molar-refractivity contribution < 1.29 is 9.53 Å². The Kier molecular flexibility index (Phi) is 6.91. The first kappa shape index (κ1) is 24.2. The lowest BCUT2D eigenvalue weighted by Gasteiger charge is -2.30. The van der Waals surface area contributed by atoms with Gasteiger partial charge in [-0.2, -0.15) is 0 Å². The largest absolute Gasteiger partial charge is 0.447 e. The van der Waals surface area contributed by atoms with Crippen LogP contribution in [0.25, 0.3) is 22.2 Å². The number of nitrogens with zero attached hydrogens (tertiary/aromatic N) is 4. The second kappa shape index (κ2) is 10.3. The van der Waals surface area contributed by atoms with Crippen molar-refractivity contribution in [3.05, 3.63) is 54.6 Å². The van der Waals surface area contributed by atoms with Gasteiger partial charge in [-0.05, 0) is 63.4 Å². The monoisotopic (exact) mass is 504 g/mol. The number of nitrogens with one attached hydrogen (secondary N) is 1. The van der Waals surface area contributed by atoms with Crippen molar-refractivity contribution in [3.63, 3.8) is 0 Å². The van der Waals surface area contributed by atoms with Gasteiger partial charge in [0.25, 0.3) is 0 Å². The molecule has 2 aromatic carbocycles. The number of hydrogen-bond acceptors (Lipinski definition) is 6. The predicted molar refractivity (Wildman–Crippen MR) is 145 cm³/mol. The molecule has 4 aromatic rings. The number of anilines is 2. The van der Waals surface area contributed by atoms with Crippen molar-refractivity contribution in [2.75, 3.05) is 16.8 Å². The van der Waals surface area contributed by atoms with E-state index < -0.39 is 6.09 Å². The maximum Gasteiger partial charge on any atom is 0.411 e. The molecule has 1 amide bonds. The fraction of sp³-hybridized carbons (Fsp3) is 0.370. The van der Waals surface area contributed by atoms with Crippen LogP contribution in [0.2, 0.25) is 0 Å². The van der Waals surface area contributed by atoms with E-state index in [-0.39, 0.29) is 6.10 Å². The van der Waals surface area contributed by atoms with Crippen molar-refractivity contribution in [2.45, 2.75) is 56.6 Å². The molecule has 0 radical (unpaired) electrons. The first-order chi connectivity index (χ1) is 17.4. The maximum atomic E-state index is 12.0. The number of rotatable bonds is 8. The second-order valence-electron chi connectivity index (χ2n) is 9.51. The zero-order valence-corrected chi connectivity index (χ0v) is 21.7. The maximum absolute atomic E-state index is 12.0. The fourth-order valence-electron chi connectivity index (χ4n) is 4.59. The van der Waals surface area contributed by atoms with Gasteiger partial charge in [-0.25, -0.2) is 4.79 Å². The molecule has 188 valence electrons. The van der Waals surface area contributed by atoms with E-state index in [9.17, 15) is 4.79 Å². The Morgan fingerprint density at radius 2 is 2.00 bits per heavy atom. The Morgan fingerprint density at radius 3 is 2.64 bits per heavy atom. The Morgan fingerprint density at radius 1 is 1.22 bits per heavy atom. The quantitative estimate of drug-likeness (QED) is 0.284. The summed E-state index contributed by atoms with van der Waals surface area (Å²) in [6.07, 6.45) is 5.52. The van der Waals surface area contributed by atoms with Gasteiger partial charge in [0.1, 0.15) is 12.2 Å². The third-order valence-corrected chi connectivity index (χ3v) is 7.60. The molecular weight excluding hydrogens is 472 g/mol. The van der Waals surface area contributed by atoms with Gasteiger partial charge in [-0.15, -0.1) is 22.0 Å². The highest BCUT2D eigenvalue weighted by molar-refractivity contribution is 7.99. The van der Waals surface area contributed by atoms with Crippen molar-refractivity contribution in [1.82, 2.24) is 19.3 Å². The molecule has 2 aromatic heterocycles. The molecule has 0 atom stereocenters. The highest BCUT2D eigenvalue weighted by atomic mass is 32.2. The summed E-state index contributed by atoms with van der Waals surface area (Å²) in [4.78, 5) is 13.2. The van der Waals surface area contributed by atoms with Gasteiger partial charge in [0.2, 0.25) is 0 Å². The van der Waals surface area contributed by atoms with Crippen molar-refractivity contribution in [2.24, 2.45) is 7.05 Å². The molecule has 0 saturated heterocycles. The van der Waals surface area contributed by atoms with Gasteiger partial charge < -0.3 is 19.6 Å². The first-order valence-corrected chi connectivity index (χ1v) is 13.4. The van der Waals surface area contributed by atoms with Gasteiger partial charge in [0.15, 0.2) is 0 Å². The minimum atomic E-state index is -0.454. The van der Waals surface area contributed by atoms with E-state index in [1.807, 2.05) is 61.5 Å². The predicted octanol–water partition coefficient (Wildman–Crippen LogP) is 6.04. The highest BCUT2D eigenvalue weighted by Crippen LogP contribution is 2.45. The first-order valence-electron chi connectivity index (χ1n) is 12.4. The van der Waals surface area contributed by atoms with Gasteiger partial charge in [0, 0.05) is 46.8 Å². The molecular formula is C27H32N6O2S. The van der Waals surface area contributed by atoms with E-state index in [0.717, 1.165) is 53.2 Å². The highest BCUT2D eigenvalue weighted by Gasteiger charge is 2.27. The minimum Gasteiger partial charge on any atom is -0.447 e. The number of ether oxygens (including phenoxy) is 1. The van der Waals surface area contributed by atoms with E-state index in [2.05, 4.69) is 38.3 Å². The number of carbonyl (C=O) groups is 1. The van der Waals surface area contributed by atoms with Gasteiger partial charge in [-0.3, -0.25) is 5.32 Å². The second-order valence-corrected chi connectivity index (χ2v) is 10.7. The molecule has 1 fully saturated rings. The topological polar surface area (TPSA) is 100.0 Å².